The molecule has 0 aromatic heterocycles. The molecule has 2 fully saturated rings. The van der Waals surface area contributed by atoms with E-state index in [4.69, 9.17) is 4.84 Å². The van der Waals surface area contributed by atoms with Crippen molar-refractivity contribution in [1.82, 2.24) is 8.77 Å². The van der Waals surface area contributed by atoms with Crippen LogP contribution in [0.25, 0.3) is 0 Å². The summed E-state index contributed by atoms with van der Waals surface area (Å²) in [4.78, 5) is 4.98. The van der Waals surface area contributed by atoms with Crippen LogP contribution in [0, 0.1) is 0 Å². The third-order valence-electron chi connectivity index (χ3n) is 2.12. The Kier molecular flexibility index (Phi) is 2.07. The van der Waals surface area contributed by atoms with E-state index in [1.54, 1.807) is 0 Å². The number of hydrogen-bond acceptors (Lipinski definition) is 3. The van der Waals surface area contributed by atoms with E-state index in [0.29, 0.717) is 26.2 Å². The Bertz CT molecular complexity index is 254. The van der Waals surface area contributed by atoms with Gasteiger partial charge in [-0.2, -0.15) is 12.7 Å². The molecule has 0 N–H and O–H groups in total. The van der Waals surface area contributed by atoms with Gasteiger partial charge in [0.15, 0.2) is 0 Å². The Labute approximate surface area is 72.0 Å². The molecule has 0 amide bonds. The van der Waals surface area contributed by atoms with Gasteiger partial charge < -0.3 is 0 Å². The molecule has 2 heterocycles. The molecule has 5 nitrogen and oxygen atoms in total. The fraction of sp³-hybridized carbons (Fsp3) is 1.00. The highest BCUT2D eigenvalue weighted by atomic mass is 32.2. The summed E-state index contributed by atoms with van der Waals surface area (Å²) in [6.45, 7) is 2.30. The Morgan fingerprint density at radius 3 is 2.25 bits per heavy atom. The smallest absolute Gasteiger partial charge is 0.283 e. The molecule has 2 aliphatic rings. The molecule has 0 aromatic rings. The van der Waals surface area contributed by atoms with Crippen molar-refractivity contribution in [3.63, 3.8) is 0 Å². The zero-order valence-corrected chi connectivity index (χ0v) is 7.59. The lowest BCUT2D eigenvalue weighted by Crippen LogP contribution is -2.48. The Hall–Kier alpha value is -0.170. The van der Waals surface area contributed by atoms with Crippen LogP contribution in [-0.2, 0) is 15.0 Å². The lowest BCUT2D eigenvalue weighted by molar-refractivity contribution is -0.0358. The average molecular weight is 192 g/mol. The fourth-order valence-corrected chi connectivity index (χ4v) is 2.80. The molecular formula is C6H12N2O3S. The van der Waals surface area contributed by atoms with Gasteiger partial charge in [-0.3, -0.25) is 4.84 Å². The third-order valence-corrected chi connectivity index (χ3v) is 3.94. The Morgan fingerprint density at radius 1 is 1.08 bits per heavy atom. The van der Waals surface area contributed by atoms with Crippen LogP contribution >= 0.6 is 0 Å². The zero-order valence-electron chi connectivity index (χ0n) is 6.77. The second-order valence-electron chi connectivity index (χ2n) is 2.97. The second kappa shape index (κ2) is 2.95. The molecule has 12 heavy (non-hydrogen) atoms. The van der Waals surface area contributed by atoms with E-state index in [9.17, 15) is 8.42 Å². The molecule has 0 radical (unpaired) electrons. The number of hydroxylamine groups is 1. The summed E-state index contributed by atoms with van der Waals surface area (Å²) in [5.41, 5.74) is 0. The first-order valence-corrected chi connectivity index (χ1v) is 5.52. The quantitative estimate of drug-likeness (QED) is 0.596. The van der Waals surface area contributed by atoms with Crippen LogP contribution in [0.3, 0.4) is 0 Å². The zero-order chi connectivity index (χ0) is 8.60. The van der Waals surface area contributed by atoms with E-state index < -0.39 is 10.2 Å². The van der Waals surface area contributed by atoms with Crippen LogP contribution in [0.4, 0.5) is 0 Å². The SMILES string of the molecule is O=S(=O)(N1CCC1)N1CCCO1. The van der Waals surface area contributed by atoms with Gasteiger partial charge in [-0.05, 0) is 12.8 Å². The van der Waals surface area contributed by atoms with Crippen molar-refractivity contribution in [2.45, 2.75) is 12.8 Å². The topological polar surface area (TPSA) is 49.9 Å². The van der Waals surface area contributed by atoms with Crippen molar-refractivity contribution in [3.05, 3.63) is 0 Å². The summed E-state index contributed by atoms with van der Waals surface area (Å²) >= 11 is 0. The van der Waals surface area contributed by atoms with Crippen LogP contribution in [-0.4, -0.2) is 43.4 Å². The maximum Gasteiger partial charge on any atom is 0.304 e. The van der Waals surface area contributed by atoms with Gasteiger partial charge >= 0.3 is 10.2 Å². The fourth-order valence-electron chi connectivity index (χ4n) is 1.25. The van der Waals surface area contributed by atoms with E-state index in [-0.39, 0.29) is 0 Å². The largest absolute Gasteiger partial charge is 0.304 e. The van der Waals surface area contributed by atoms with Crippen LogP contribution in [0.1, 0.15) is 12.8 Å². The summed E-state index contributed by atoms with van der Waals surface area (Å²) in [6.07, 6.45) is 1.76. The number of nitrogens with zero attached hydrogens (tertiary/aromatic N) is 2. The molecule has 2 rings (SSSR count). The van der Waals surface area contributed by atoms with Crippen molar-refractivity contribution in [2.75, 3.05) is 26.2 Å². The minimum atomic E-state index is -3.26. The van der Waals surface area contributed by atoms with Gasteiger partial charge in [0.2, 0.25) is 0 Å². The van der Waals surface area contributed by atoms with Gasteiger partial charge in [0, 0.05) is 19.6 Å². The summed E-state index contributed by atoms with van der Waals surface area (Å²) < 4.78 is 25.6. The molecule has 2 saturated heterocycles. The molecule has 2 aliphatic heterocycles. The average Bonchev–Trinajstić information content (AvgIpc) is 2.30. The van der Waals surface area contributed by atoms with Crippen LogP contribution in [0.15, 0.2) is 0 Å². The molecule has 0 aliphatic carbocycles. The molecule has 6 heteroatoms. The van der Waals surface area contributed by atoms with Gasteiger partial charge in [0.25, 0.3) is 0 Å². The molecular weight excluding hydrogens is 180 g/mol. The predicted octanol–water partition coefficient (Wildman–Crippen LogP) is -0.426. The third kappa shape index (κ3) is 1.24. The van der Waals surface area contributed by atoms with E-state index in [0.717, 1.165) is 17.3 Å². The van der Waals surface area contributed by atoms with Crippen LogP contribution < -0.4 is 0 Å². The Morgan fingerprint density at radius 2 is 1.83 bits per heavy atom. The van der Waals surface area contributed by atoms with Gasteiger partial charge in [-0.15, -0.1) is 0 Å². The van der Waals surface area contributed by atoms with Crippen molar-refractivity contribution in [1.29, 1.82) is 0 Å². The lowest BCUT2D eigenvalue weighted by atomic mass is 10.3. The van der Waals surface area contributed by atoms with Crippen molar-refractivity contribution in [2.24, 2.45) is 0 Å². The summed E-state index contributed by atoms with van der Waals surface area (Å²) in [7, 11) is -3.26. The molecule has 0 unspecified atom stereocenters. The second-order valence-corrected chi connectivity index (χ2v) is 4.79. The standard InChI is InChI=1S/C6H12N2O3S/c9-12(10,7-3-1-4-7)8-5-2-6-11-8/h1-6H2. The summed E-state index contributed by atoms with van der Waals surface area (Å²) in [5, 5.41) is 0. The van der Waals surface area contributed by atoms with E-state index in [1.807, 2.05) is 0 Å². The Balaban J connectivity index is 2.08. The van der Waals surface area contributed by atoms with Crippen molar-refractivity contribution in [3.8, 4) is 0 Å². The summed E-state index contributed by atoms with van der Waals surface area (Å²) in [6, 6.07) is 0. The minimum absolute atomic E-state index is 0.499. The minimum Gasteiger partial charge on any atom is -0.283 e. The number of hydrogen-bond donors (Lipinski definition) is 0. The molecule has 0 aromatic carbocycles. The van der Waals surface area contributed by atoms with Crippen molar-refractivity contribution < 1.29 is 13.3 Å². The first-order chi connectivity index (χ1) is 5.71. The van der Waals surface area contributed by atoms with Crippen molar-refractivity contribution >= 4 is 10.2 Å². The predicted molar refractivity (Wildman–Crippen MR) is 42.4 cm³/mol. The molecule has 0 spiro atoms. The van der Waals surface area contributed by atoms with Crippen LogP contribution in [0.5, 0.6) is 0 Å². The van der Waals surface area contributed by atoms with Crippen LogP contribution in [0.2, 0.25) is 0 Å². The van der Waals surface area contributed by atoms with Gasteiger partial charge in [0.1, 0.15) is 0 Å². The molecule has 70 valence electrons. The van der Waals surface area contributed by atoms with E-state index in [2.05, 4.69) is 0 Å². The maximum absolute atomic E-state index is 11.5. The van der Waals surface area contributed by atoms with E-state index in [1.165, 1.54) is 4.31 Å². The number of rotatable bonds is 2. The van der Waals surface area contributed by atoms with Gasteiger partial charge in [-0.25, -0.2) is 0 Å². The van der Waals surface area contributed by atoms with Gasteiger partial charge in [0.05, 0.1) is 6.61 Å². The van der Waals surface area contributed by atoms with Gasteiger partial charge in [-0.1, -0.05) is 4.47 Å². The monoisotopic (exact) mass is 192 g/mol. The highest BCUT2D eigenvalue weighted by Crippen LogP contribution is 2.19. The highest BCUT2D eigenvalue weighted by Gasteiger charge is 2.35. The molecule has 0 atom stereocenters. The highest BCUT2D eigenvalue weighted by molar-refractivity contribution is 7.86. The molecule has 0 saturated carbocycles. The summed E-state index contributed by atoms with van der Waals surface area (Å²) in [5.74, 6) is 0. The molecule has 0 bridgehead atoms. The maximum atomic E-state index is 11.5. The lowest BCUT2D eigenvalue weighted by Gasteiger charge is -2.32. The first-order valence-electron chi connectivity index (χ1n) is 4.12. The first kappa shape index (κ1) is 8.43. The van der Waals surface area contributed by atoms with E-state index >= 15 is 0 Å². The normalized spacial score (nSPS) is 27.3.